The molecule has 1 nitrogen and oxygen atoms in total. The minimum atomic E-state index is 0.454. The maximum Gasteiger partial charge on any atom is 0.0345 e. The molecule has 0 aliphatic heterocycles. The molecule has 0 amide bonds. The molecule has 1 unspecified atom stereocenters. The minimum absolute atomic E-state index is 0.454. The van der Waals surface area contributed by atoms with Crippen LogP contribution >= 0.6 is 11.3 Å². The average Bonchev–Trinajstić information content (AvgIpc) is 2.92. The topological polar surface area (TPSA) is 26.0 Å². The number of thiophene rings is 1. The summed E-state index contributed by atoms with van der Waals surface area (Å²) < 4.78 is 1.38. The number of hydrogen-bond donors (Lipinski definition) is 1. The van der Waals surface area contributed by atoms with Crippen LogP contribution in [0.2, 0.25) is 0 Å². The first-order valence-electron chi connectivity index (χ1n) is 7.08. The van der Waals surface area contributed by atoms with E-state index in [0.29, 0.717) is 12.5 Å². The molecule has 1 heterocycles. The van der Waals surface area contributed by atoms with Gasteiger partial charge in [-0.15, -0.1) is 11.3 Å². The molecule has 1 aromatic heterocycles. The molecule has 0 radical (unpaired) electrons. The van der Waals surface area contributed by atoms with E-state index in [-0.39, 0.29) is 0 Å². The molecule has 2 heteroatoms. The largest absolute Gasteiger partial charge is 0.330 e. The highest BCUT2D eigenvalue weighted by Crippen LogP contribution is 2.29. The van der Waals surface area contributed by atoms with E-state index >= 15 is 0 Å². The van der Waals surface area contributed by atoms with Crippen molar-refractivity contribution >= 4 is 21.4 Å². The third-order valence-corrected chi connectivity index (χ3v) is 4.89. The van der Waals surface area contributed by atoms with Gasteiger partial charge in [-0.2, -0.15) is 0 Å². The van der Waals surface area contributed by atoms with Gasteiger partial charge in [0.25, 0.3) is 0 Å². The summed E-state index contributed by atoms with van der Waals surface area (Å²) >= 11 is 1.84. The SMILES string of the molecule is NCC(CCc1csc2ccccc12)c1ccccc1. The van der Waals surface area contributed by atoms with Crippen LogP contribution in [0.3, 0.4) is 0 Å². The van der Waals surface area contributed by atoms with Crippen LogP contribution in [0, 0.1) is 0 Å². The van der Waals surface area contributed by atoms with E-state index in [9.17, 15) is 0 Å². The van der Waals surface area contributed by atoms with E-state index in [1.165, 1.54) is 21.2 Å². The van der Waals surface area contributed by atoms with Gasteiger partial charge in [-0.05, 0) is 53.3 Å². The Morgan fingerprint density at radius 3 is 2.50 bits per heavy atom. The van der Waals surface area contributed by atoms with Gasteiger partial charge in [0, 0.05) is 4.70 Å². The summed E-state index contributed by atoms with van der Waals surface area (Å²) in [6.45, 7) is 0.714. The third-order valence-electron chi connectivity index (χ3n) is 3.88. The average molecular weight is 281 g/mol. The van der Waals surface area contributed by atoms with Gasteiger partial charge in [-0.3, -0.25) is 0 Å². The molecule has 0 spiro atoms. The van der Waals surface area contributed by atoms with Crippen molar-refractivity contribution in [3.63, 3.8) is 0 Å². The number of fused-ring (bicyclic) bond motifs is 1. The molecule has 0 saturated carbocycles. The highest BCUT2D eigenvalue weighted by Gasteiger charge is 2.11. The number of hydrogen-bond acceptors (Lipinski definition) is 2. The Morgan fingerprint density at radius 1 is 0.950 bits per heavy atom. The van der Waals surface area contributed by atoms with E-state index < -0.39 is 0 Å². The Kier molecular flexibility index (Phi) is 4.14. The van der Waals surface area contributed by atoms with Crippen molar-refractivity contribution in [2.75, 3.05) is 6.54 Å². The summed E-state index contributed by atoms with van der Waals surface area (Å²) in [4.78, 5) is 0. The van der Waals surface area contributed by atoms with Crippen LogP contribution in [0.25, 0.3) is 10.1 Å². The Bertz CT molecular complexity index is 672. The second kappa shape index (κ2) is 6.21. The van der Waals surface area contributed by atoms with Gasteiger partial charge >= 0.3 is 0 Å². The maximum atomic E-state index is 5.96. The summed E-state index contributed by atoms with van der Waals surface area (Å²) in [5.41, 5.74) is 8.77. The molecule has 2 N–H and O–H groups in total. The molecule has 20 heavy (non-hydrogen) atoms. The summed E-state index contributed by atoms with van der Waals surface area (Å²) in [6, 6.07) is 19.3. The lowest BCUT2D eigenvalue weighted by Crippen LogP contribution is -2.13. The van der Waals surface area contributed by atoms with Crippen molar-refractivity contribution in [2.45, 2.75) is 18.8 Å². The first-order chi connectivity index (χ1) is 9.88. The van der Waals surface area contributed by atoms with Crippen molar-refractivity contribution in [1.29, 1.82) is 0 Å². The summed E-state index contributed by atoms with van der Waals surface area (Å²) in [5.74, 6) is 0.454. The normalized spacial score (nSPS) is 12.7. The summed E-state index contributed by atoms with van der Waals surface area (Å²) in [7, 11) is 0. The summed E-state index contributed by atoms with van der Waals surface area (Å²) in [6.07, 6.45) is 2.21. The quantitative estimate of drug-likeness (QED) is 0.728. The Balaban J connectivity index is 1.75. The van der Waals surface area contributed by atoms with Crippen molar-refractivity contribution in [3.05, 3.63) is 71.1 Å². The first kappa shape index (κ1) is 13.3. The van der Waals surface area contributed by atoms with Crippen LogP contribution < -0.4 is 5.73 Å². The van der Waals surface area contributed by atoms with Crippen LogP contribution in [0.1, 0.15) is 23.5 Å². The van der Waals surface area contributed by atoms with Gasteiger partial charge in [-0.25, -0.2) is 0 Å². The van der Waals surface area contributed by atoms with Crippen molar-refractivity contribution in [2.24, 2.45) is 5.73 Å². The predicted octanol–water partition coefficient (Wildman–Crippen LogP) is 4.58. The number of nitrogens with two attached hydrogens (primary N) is 1. The molecule has 2 aromatic carbocycles. The number of benzene rings is 2. The lowest BCUT2D eigenvalue weighted by Gasteiger charge is -2.14. The van der Waals surface area contributed by atoms with E-state index in [1.54, 1.807) is 0 Å². The fourth-order valence-electron chi connectivity index (χ4n) is 2.70. The zero-order valence-electron chi connectivity index (χ0n) is 11.5. The second-order valence-corrected chi connectivity index (χ2v) is 6.05. The molecule has 3 aromatic rings. The lowest BCUT2D eigenvalue weighted by atomic mass is 9.92. The van der Waals surface area contributed by atoms with Crippen LogP contribution in [0.15, 0.2) is 60.0 Å². The van der Waals surface area contributed by atoms with E-state index in [2.05, 4.69) is 60.0 Å². The molecule has 0 saturated heterocycles. The molecule has 3 rings (SSSR count). The highest BCUT2D eigenvalue weighted by atomic mass is 32.1. The van der Waals surface area contributed by atoms with E-state index in [1.807, 2.05) is 11.3 Å². The lowest BCUT2D eigenvalue weighted by molar-refractivity contribution is 0.636. The van der Waals surface area contributed by atoms with Gasteiger partial charge in [-0.1, -0.05) is 48.5 Å². The van der Waals surface area contributed by atoms with Crippen LogP contribution in [-0.2, 0) is 6.42 Å². The molecular weight excluding hydrogens is 262 g/mol. The fraction of sp³-hybridized carbons (Fsp3) is 0.222. The molecule has 0 bridgehead atoms. The smallest absolute Gasteiger partial charge is 0.0345 e. The second-order valence-electron chi connectivity index (χ2n) is 5.14. The van der Waals surface area contributed by atoms with Crippen molar-refractivity contribution < 1.29 is 0 Å². The van der Waals surface area contributed by atoms with Gasteiger partial charge in [0.1, 0.15) is 0 Å². The standard InChI is InChI=1S/C18H19NS/c19-12-15(14-6-2-1-3-7-14)10-11-16-13-20-18-9-5-4-8-17(16)18/h1-9,13,15H,10-12,19H2. The fourth-order valence-corrected chi connectivity index (χ4v) is 3.70. The molecule has 0 aliphatic carbocycles. The summed E-state index contributed by atoms with van der Waals surface area (Å²) in [5, 5.41) is 3.70. The highest BCUT2D eigenvalue weighted by molar-refractivity contribution is 7.17. The molecular formula is C18H19NS. The van der Waals surface area contributed by atoms with Crippen molar-refractivity contribution in [1.82, 2.24) is 0 Å². The van der Waals surface area contributed by atoms with Crippen molar-refractivity contribution in [3.8, 4) is 0 Å². The van der Waals surface area contributed by atoms with Gasteiger partial charge in [0.05, 0.1) is 0 Å². The number of rotatable bonds is 5. The zero-order chi connectivity index (χ0) is 13.8. The molecule has 0 aliphatic rings. The van der Waals surface area contributed by atoms with E-state index in [0.717, 1.165) is 12.8 Å². The monoisotopic (exact) mass is 281 g/mol. The Labute approximate surface area is 124 Å². The van der Waals surface area contributed by atoms with Crippen LogP contribution in [0.4, 0.5) is 0 Å². The Hall–Kier alpha value is -1.64. The van der Waals surface area contributed by atoms with Gasteiger partial charge in [0.2, 0.25) is 0 Å². The number of aryl methyl sites for hydroxylation is 1. The van der Waals surface area contributed by atoms with E-state index in [4.69, 9.17) is 5.73 Å². The van der Waals surface area contributed by atoms with Gasteiger partial charge < -0.3 is 5.73 Å². The third kappa shape index (κ3) is 2.77. The van der Waals surface area contributed by atoms with Crippen LogP contribution in [0.5, 0.6) is 0 Å². The first-order valence-corrected chi connectivity index (χ1v) is 7.96. The van der Waals surface area contributed by atoms with Crippen LogP contribution in [-0.4, -0.2) is 6.54 Å². The minimum Gasteiger partial charge on any atom is -0.330 e. The molecule has 0 fully saturated rings. The predicted molar refractivity (Wildman–Crippen MR) is 88.4 cm³/mol. The zero-order valence-corrected chi connectivity index (χ0v) is 12.3. The Morgan fingerprint density at radius 2 is 1.70 bits per heavy atom. The molecule has 1 atom stereocenters. The van der Waals surface area contributed by atoms with Gasteiger partial charge in [0.15, 0.2) is 0 Å². The molecule has 102 valence electrons. The maximum absolute atomic E-state index is 5.96.